The highest BCUT2D eigenvalue weighted by Crippen LogP contribution is 2.29. The topological polar surface area (TPSA) is 109 Å². The molecule has 4 rings (SSSR count). The van der Waals surface area contributed by atoms with Crippen molar-refractivity contribution in [1.29, 1.82) is 0 Å². The molecule has 1 N–H and O–H groups in total. The Balaban J connectivity index is 1.45. The van der Waals surface area contributed by atoms with Gasteiger partial charge in [-0.2, -0.15) is 0 Å². The zero-order chi connectivity index (χ0) is 29.4. The first-order valence-corrected chi connectivity index (χ1v) is 14.2. The summed E-state index contributed by atoms with van der Waals surface area (Å²) >= 11 is 0. The van der Waals surface area contributed by atoms with E-state index in [1.807, 2.05) is 39.0 Å². The maximum atomic E-state index is 13.2. The number of anilines is 1. The van der Waals surface area contributed by atoms with Crippen molar-refractivity contribution in [2.45, 2.75) is 71.6 Å². The summed E-state index contributed by atoms with van der Waals surface area (Å²) < 4.78 is 8.57. The lowest BCUT2D eigenvalue weighted by Crippen LogP contribution is -2.55. The zero-order valence-electron chi connectivity index (χ0n) is 24.9. The first-order valence-electron chi connectivity index (χ1n) is 14.2. The Morgan fingerprint density at radius 3 is 2.52 bits per heavy atom. The molecule has 3 amide bonds. The summed E-state index contributed by atoms with van der Waals surface area (Å²) in [5, 5.41) is 2.36. The van der Waals surface area contributed by atoms with Crippen molar-refractivity contribution < 1.29 is 19.1 Å². The number of hydrogen-bond acceptors (Lipinski definition) is 7. The number of carbonyl (C=O) groups is 3. The number of imidazole rings is 1. The van der Waals surface area contributed by atoms with Crippen molar-refractivity contribution in [2.75, 3.05) is 44.7 Å². The van der Waals surface area contributed by atoms with Crippen LogP contribution in [0, 0.1) is 5.92 Å². The van der Waals surface area contributed by atoms with E-state index < -0.39 is 17.6 Å². The second kappa shape index (κ2) is 11.6. The molecular weight excluding hydrogens is 512 g/mol. The van der Waals surface area contributed by atoms with Gasteiger partial charge in [0.1, 0.15) is 11.6 Å². The van der Waals surface area contributed by atoms with Crippen molar-refractivity contribution in [1.82, 2.24) is 24.3 Å². The number of piperazine rings is 1. The summed E-state index contributed by atoms with van der Waals surface area (Å²) in [5.74, 6) is -0.290. The predicted octanol–water partition coefficient (Wildman–Crippen LogP) is 2.72. The average molecular weight is 557 g/mol. The SMILES string of the molecule is CC(C)[C@H]1CN(c2ccc3c(c2)n(C)c(=O)n3C2CCC(=O)NC2=O)CCN1CCCN(C)C(=O)OC(C)(C)C. The molecule has 0 aliphatic carbocycles. The van der Waals surface area contributed by atoms with Gasteiger partial charge >= 0.3 is 11.8 Å². The smallest absolute Gasteiger partial charge is 0.410 e. The number of benzene rings is 1. The number of nitrogens with one attached hydrogen (secondary N) is 1. The first-order chi connectivity index (χ1) is 18.8. The van der Waals surface area contributed by atoms with Gasteiger partial charge in [0.25, 0.3) is 0 Å². The van der Waals surface area contributed by atoms with E-state index in [1.54, 1.807) is 23.6 Å². The van der Waals surface area contributed by atoms with E-state index >= 15 is 0 Å². The molecule has 1 aromatic heterocycles. The highest BCUT2D eigenvalue weighted by Gasteiger charge is 2.33. The molecule has 11 heteroatoms. The molecule has 0 bridgehead atoms. The van der Waals surface area contributed by atoms with Gasteiger partial charge in [0, 0.05) is 65.0 Å². The molecule has 2 fully saturated rings. The Labute approximate surface area is 236 Å². The number of carbonyl (C=O) groups excluding carboxylic acids is 3. The quantitative estimate of drug-likeness (QED) is 0.523. The molecule has 2 aliphatic rings. The molecule has 220 valence electrons. The maximum Gasteiger partial charge on any atom is 0.410 e. The number of rotatable bonds is 7. The van der Waals surface area contributed by atoms with Crippen LogP contribution in [0.5, 0.6) is 0 Å². The summed E-state index contributed by atoms with van der Waals surface area (Å²) in [4.78, 5) is 56.1. The van der Waals surface area contributed by atoms with Crippen LogP contribution in [-0.2, 0) is 21.4 Å². The van der Waals surface area contributed by atoms with Gasteiger partial charge < -0.3 is 14.5 Å². The lowest BCUT2D eigenvalue weighted by Gasteiger charge is -2.44. The number of fused-ring (bicyclic) bond motifs is 1. The number of imide groups is 1. The molecule has 2 atom stereocenters. The van der Waals surface area contributed by atoms with Crippen LogP contribution in [0.15, 0.2) is 23.0 Å². The fourth-order valence-electron chi connectivity index (χ4n) is 5.71. The average Bonchev–Trinajstić information content (AvgIpc) is 3.12. The Kier molecular flexibility index (Phi) is 8.63. The number of piperidine rings is 1. The monoisotopic (exact) mass is 556 g/mol. The summed E-state index contributed by atoms with van der Waals surface area (Å²) in [6, 6.07) is 5.62. The Morgan fingerprint density at radius 1 is 1.15 bits per heavy atom. The molecule has 11 nitrogen and oxygen atoms in total. The zero-order valence-corrected chi connectivity index (χ0v) is 24.9. The third-order valence-electron chi connectivity index (χ3n) is 7.91. The van der Waals surface area contributed by atoms with E-state index in [9.17, 15) is 19.2 Å². The van der Waals surface area contributed by atoms with Gasteiger partial charge in [-0.25, -0.2) is 9.59 Å². The molecular formula is C29H44N6O5. The number of amides is 3. The van der Waals surface area contributed by atoms with E-state index in [0.29, 0.717) is 30.4 Å². The molecule has 2 saturated heterocycles. The van der Waals surface area contributed by atoms with Crippen molar-refractivity contribution in [3.05, 3.63) is 28.7 Å². The third kappa shape index (κ3) is 6.35. The number of nitrogens with zero attached hydrogens (tertiary/aromatic N) is 5. The molecule has 1 aromatic carbocycles. The molecule has 40 heavy (non-hydrogen) atoms. The Bertz CT molecular complexity index is 1320. The van der Waals surface area contributed by atoms with Crippen LogP contribution >= 0.6 is 0 Å². The van der Waals surface area contributed by atoms with Crippen LogP contribution in [-0.4, -0.2) is 88.3 Å². The van der Waals surface area contributed by atoms with Gasteiger partial charge in [-0.15, -0.1) is 0 Å². The highest BCUT2D eigenvalue weighted by molar-refractivity contribution is 6.00. The van der Waals surface area contributed by atoms with Crippen molar-refractivity contribution >= 4 is 34.6 Å². The summed E-state index contributed by atoms with van der Waals surface area (Å²) in [6.45, 7) is 14.2. The van der Waals surface area contributed by atoms with Crippen LogP contribution in [0.1, 0.15) is 59.9 Å². The highest BCUT2D eigenvalue weighted by atomic mass is 16.6. The van der Waals surface area contributed by atoms with Crippen LogP contribution in [0.4, 0.5) is 10.5 Å². The van der Waals surface area contributed by atoms with Crippen LogP contribution in [0.25, 0.3) is 11.0 Å². The van der Waals surface area contributed by atoms with Crippen molar-refractivity contribution in [2.24, 2.45) is 13.0 Å². The minimum absolute atomic E-state index is 0.218. The predicted molar refractivity (Wildman–Crippen MR) is 154 cm³/mol. The standard InChI is InChI=1S/C29H44N6O5/c1-19(2)24-18-34(16-15-33(24)14-8-13-31(6)28(39)40-29(3,4)5)20-9-10-21-23(17-20)32(7)27(38)35(21)22-11-12-25(36)30-26(22)37/h9-10,17,19,22,24H,8,11-16,18H2,1-7H3,(H,30,36,37)/t22?,24-/m1/s1. The normalized spacial score (nSPS) is 20.8. The molecule has 0 saturated carbocycles. The molecule has 2 aliphatic heterocycles. The van der Waals surface area contributed by atoms with Gasteiger partial charge in [-0.1, -0.05) is 13.8 Å². The lowest BCUT2D eigenvalue weighted by molar-refractivity contribution is -0.135. The summed E-state index contributed by atoms with van der Waals surface area (Å²) in [5.41, 5.74) is 1.73. The third-order valence-corrected chi connectivity index (χ3v) is 7.91. The fourth-order valence-corrected chi connectivity index (χ4v) is 5.71. The van der Waals surface area contributed by atoms with Gasteiger partial charge in [0.2, 0.25) is 11.8 Å². The summed E-state index contributed by atoms with van der Waals surface area (Å²) in [6.07, 6.45) is 1.10. The first kappa shape index (κ1) is 29.6. The van der Waals surface area contributed by atoms with Crippen LogP contribution < -0.4 is 15.9 Å². The molecule has 0 radical (unpaired) electrons. The number of hydrogen-bond donors (Lipinski definition) is 1. The minimum Gasteiger partial charge on any atom is -0.444 e. The van der Waals surface area contributed by atoms with Gasteiger partial charge in [0.15, 0.2) is 0 Å². The number of ether oxygens (including phenoxy) is 1. The molecule has 0 spiro atoms. The van der Waals surface area contributed by atoms with Crippen LogP contribution in [0.3, 0.4) is 0 Å². The minimum atomic E-state index is -0.692. The van der Waals surface area contributed by atoms with Gasteiger partial charge in [0.05, 0.1) is 11.0 Å². The number of aromatic nitrogens is 2. The van der Waals surface area contributed by atoms with E-state index in [0.717, 1.165) is 43.8 Å². The Hall–Kier alpha value is -3.34. The van der Waals surface area contributed by atoms with E-state index in [1.165, 1.54) is 4.57 Å². The Morgan fingerprint density at radius 2 is 1.88 bits per heavy atom. The second-order valence-electron chi connectivity index (χ2n) is 12.4. The molecule has 2 aromatic rings. The van der Waals surface area contributed by atoms with Crippen LogP contribution in [0.2, 0.25) is 0 Å². The lowest BCUT2D eigenvalue weighted by atomic mass is 9.98. The van der Waals surface area contributed by atoms with Gasteiger partial charge in [-0.3, -0.25) is 28.9 Å². The summed E-state index contributed by atoms with van der Waals surface area (Å²) in [7, 11) is 3.50. The van der Waals surface area contributed by atoms with Crippen molar-refractivity contribution in [3.8, 4) is 0 Å². The van der Waals surface area contributed by atoms with Crippen molar-refractivity contribution in [3.63, 3.8) is 0 Å². The molecule has 1 unspecified atom stereocenters. The second-order valence-corrected chi connectivity index (χ2v) is 12.4. The maximum absolute atomic E-state index is 13.2. The molecule has 3 heterocycles. The fraction of sp³-hybridized carbons (Fsp3) is 0.655. The van der Waals surface area contributed by atoms with E-state index in [2.05, 4.69) is 29.0 Å². The largest absolute Gasteiger partial charge is 0.444 e. The van der Waals surface area contributed by atoms with E-state index in [-0.39, 0.29) is 24.1 Å². The number of aryl methyl sites for hydroxylation is 1. The van der Waals surface area contributed by atoms with E-state index in [4.69, 9.17) is 4.74 Å². The van der Waals surface area contributed by atoms with Gasteiger partial charge in [-0.05, 0) is 57.7 Å².